The standard InChI is InChI=1S/C14H22N2/c1-3-12-7-5-6-8-13(12)11-16(4-2)14-9-15-10-14/h5-8,14-15H,3-4,9-11H2,1-2H3. The second kappa shape index (κ2) is 5.46. The summed E-state index contributed by atoms with van der Waals surface area (Å²) in [4.78, 5) is 2.57. The third-order valence-corrected chi connectivity index (χ3v) is 3.56. The highest BCUT2D eigenvalue weighted by Gasteiger charge is 2.23. The van der Waals surface area contributed by atoms with Crippen LogP contribution in [0.3, 0.4) is 0 Å². The van der Waals surface area contributed by atoms with Gasteiger partial charge in [-0.1, -0.05) is 38.1 Å². The van der Waals surface area contributed by atoms with Crippen molar-refractivity contribution in [1.29, 1.82) is 0 Å². The topological polar surface area (TPSA) is 15.3 Å². The summed E-state index contributed by atoms with van der Waals surface area (Å²) in [6, 6.07) is 9.57. The highest BCUT2D eigenvalue weighted by atomic mass is 15.2. The summed E-state index contributed by atoms with van der Waals surface area (Å²) in [5, 5.41) is 3.35. The number of rotatable bonds is 5. The highest BCUT2D eigenvalue weighted by Crippen LogP contribution is 2.15. The Morgan fingerprint density at radius 2 is 1.88 bits per heavy atom. The molecule has 16 heavy (non-hydrogen) atoms. The van der Waals surface area contributed by atoms with Crippen LogP contribution in [0.4, 0.5) is 0 Å². The first-order chi connectivity index (χ1) is 7.85. The van der Waals surface area contributed by atoms with Gasteiger partial charge in [-0.25, -0.2) is 0 Å². The summed E-state index contributed by atoms with van der Waals surface area (Å²) < 4.78 is 0. The summed E-state index contributed by atoms with van der Waals surface area (Å²) in [6.45, 7) is 9.05. The van der Waals surface area contributed by atoms with Gasteiger partial charge in [0.05, 0.1) is 0 Å². The Kier molecular flexibility index (Phi) is 3.97. The molecule has 1 N–H and O–H groups in total. The van der Waals surface area contributed by atoms with Crippen molar-refractivity contribution in [3.63, 3.8) is 0 Å². The Bertz CT molecular complexity index is 331. The van der Waals surface area contributed by atoms with E-state index in [4.69, 9.17) is 0 Å². The molecule has 0 spiro atoms. The van der Waals surface area contributed by atoms with E-state index < -0.39 is 0 Å². The first-order valence-electron chi connectivity index (χ1n) is 6.36. The molecule has 1 aromatic rings. The van der Waals surface area contributed by atoms with E-state index in [0.29, 0.717) is 0 Å². The minimum atomic E-state index is 0.745. The van der Waals surface area contributed by atoms with Crippen molar-refractivity contribution in [1.82, 2.24) is 10.2 Å². The molecule has 0 aromatic heterocycles. The van der Waals surface area contributed by atoms with Gasteiger partial charge in [-0.2, -0.15) is 0 Å². The molecule has 0 amide bonds. The van der Waals surface area contributed by atoms with Gasteiger partial charge in [0, 0.05) is 25.7 Å². The molecule has 1 fully saturated rings. The zero-order valence-corrected chi connectivity index (χ0v) is 10.4. The van der Waals surface area contributed by atoms with Crippen LogP contribution in [-0.2, 0) is 13.0 Å². The number of hydrogen-bond acceptors (Lipinski definition) is 2. The van der Waals surface area contributed by atoms with Crippen molar-refractivity contribution in [2.75, 3.05) is 19.6 Å². The Morgan fingerprint density at radius 3 is 2.38 bits per heavy atom. The van der Waals surface area contributed by atoms with E-state index in [1.165, 1.54) is 11.1 Å². The lowest BCUT2D eigenvalue weighted by atomic mass is 10.0. The summed E-state index contributed by atoms with van der Waals surface area (Å²) in [6.07, 6.45) is 1.14. The van der Waals surface area contributed by atoms with Crippen molar-refractivity contribution in [3.05, 3.63) is 35.4 Å². The van der Waals surface area contributed by atoms with Crippen LogP contribution in [-0.4, -0.2) is 30.6 Å². The summed E-state index contributed by atoms with van der Waals surface area (Å²) in [5.41, 5.74) is 2.99. The maximum Gasteiger partial charge on any atom is 0.0348 e. The molecule has 0 unspecified atom stereocenters. The number of likely N-dealkylation sites (N-methyl/N-ethyl adjacent to an activating group) is 1. The van der Waals surface area contributed by atoms with Crippen LogP contribution in [0.1, 0.15) is 25.0 Å². The normalized spacial score (nSPS) is 16.4. The van der Waals surface area contributed by atoms with Crippen LogP contribution >= 0.6 is 0 Å². The average Bonchev–Trinajstić information content (AvgIpc) is 2.26. The summed E-state index contributed by atoms with van der Waals surface area (Å²) in [5.74, 6) is 0. The van der Waals surface area contributed by atoms with Gasteiger partial charge in [0.15, 0.2) is 0 Å². The Balaban J connectivity index is 2.05. The minimum absolute atomic E-state index is 0.745. The van der Waals surface area contributed by atoms with E-state index in [-0.39, 0.29) is 0 Å². The average molecular weight is 218 g/mol. The lowest BCUT2D eigenvalue weighted by molar-refractivity contribution is 0.145. The second-order valence-electron chi connectivity index (χ2n) is 4.50. The van der Waals surface area contributed by atoms with Crippen LogP contribution in [0, 0.1) is 0 Å². The molecule has 0 aliphatic carbocycles. The number of benzene rings is 1. The van der Waals surface area contributed by atoms with E-state index >= 15 is 0 Å². The van der Waals surface area contributed by atoms with Crippen LogP contribution < -0.4 is 5.32 Å². The Labute approximate surface area is 98.7 Å². The van der Waals surface area contributed by atoms with Gasteiger partial charge >= 0.3 is 0 Å². The highest BCUT2D eigenvalue weighted by molar-refractivity contribution is 5.27. The van der Waals surface area contributed by atoms with Crippen LogP contribution in [0.25, 0.3) is 0 Å². The van der Waals surface area contributed by atoms with Crippen molar-refractivity contribution < 1.29 is 0 Å². The molecule has 1 heterocycles. The molecule has 1 aromatic carbocycles. The van der Waals surface area contributed by atoms with Crippen molar-refractivity contribution in [2.45, 2.75) is 32.9 Å². The maximum absolute atomic E-state index is 3.35. The summed E-state index contributed by atoms with van der Waals surface area (Å²) in [7, 11) is 0. The number of aryl methyl sites for hydroxylation is 1. The zero-order chi connectivity index (χ0) is 11.4. The molecule has 0 atom stereocenters. The Morgan fingerprint density at radius 1 is 1.19 bits per heavy atom. The third-order valence-electron chi connectivity index (χ3n) is 3.56. The van der Waals surface area contributed by atoms with E-state index in [2.05, 4.69) is 48.3 Å². The molecular weight excluding hydrogens is 196 g/mol. The smallest absolute Gasteiger partial charge is 0.0348 e. The molecule has 88 valence electrons. The molecule has 1 saturated heterocycles. The fourth-order valence-corrected chi connectivity index (χ4v) is 2.31. The zero-order valence-electron chi connectivity index (χ0n) is 10.4. The molecule has 2 heteroatoms. The van der Waals surface area contributed by atoms with Gasteiger partial charge in [0.25, 0.3) is 0 Å². The van der Waals surface area contributed by atoms with Crippen molar-refractivity contribution >= 4 is 0 Å². The number of nitrogens with one attached hydrogen (secondary N) is 1. The van der Waals surface area contributed by atoms with Crippen molar-refractivity contribution in [3.8, 4) is 0 Å². The molecule has 1 aliphatic rings. The summed E-state index contributed by atoms with van der Waals surface area (Å²) >= 11 is 0. The third kappa shape index (κ3) is 2.45. The van der Waals surface area contributed by atoms with Gasteiger partial charge < -0.3 is 5.32 Å². The minimum Gasteiger partial charge on any atom is -0.314 e. The largest absolute Gasteiger partial charge is 0.314 e. The van der Waals surface area contributed by atoms with E-state index in [0.717, 1.165) is 38.6 Å². The SMILES string of the molecule is CCc1ccccc1CN(CC)C1CNC1. The number of nitrogens with zero attached hydrogens (tertiary/aromatic N) is 1. The molecule has 2 rings (SSSR count). The predicted molar refractivity (Wildman–Crippen MR) is 68.6 cm³/mol. The molecular formula is C14H22N2. The van der Waals surface area contributed by atoms with Gasteiger partial charge in [-0.05, 0) is 24.1 Å². The second-order valence-corrected chi connectivity index (χ2v) is 4.50. The first kappa shape index (κ1) is 11.6. The van der Waals surface area contributed by atoms with E-state index in [9.17, 15) is 0 Å². The lowest BCUT2D eigenvalue weighted by Crippen LogP contribution is -2.56. The quantitative estimate of drug-likeness (QED) is 0.813. The van der Waals surface area contributed by atoms with Gasteiger partial charge in [-0.3, -0.25) is 4.90 Å². The molecule has 0 radical (unpaired) electrons. The Hall–Kier alpha value is -0.860. The van der Waals surface area contributed by atoms with E-state index in [1.54, 1.807) is 0 Å². The predicted octanol–water partition coefficient (Wildman–Crippen LogP) is 2.04. The van der Waals surface area contributed by atoms with Crippen molar-refractivity contribution in [2.24, 2.45) is 0 Å². The maximum atomic E-state index is 3.35. The fraction of sp³-hybridized carbons (Fsp3) is 0.571. The van der Waals surface area contributed by atoms with E-state index in [1.807, 2.05) is 0 Å². The van der Waals surface area contributed by atoms with Crippen LogP contribution in [0.2, 0.25) is 0 Å². The van der Waals surface area contributed by atoms with Crippen LogP contribution in [0.15, 0.2) is 24.3 Å². The van der Waals surface area contributed by atoms with Crippen LogP contribution in [0.5, 0.6) is 0 Å². The molecule has 2 nitrogen and oxygen atoms in total. The number of hydrogen-bond donors (Lipinski definition) is 1. The molecule has 1 aliphatic heterocycles. The van der Waals surface area contributed by atoms with Gasteiger partial charge in [0.2, 0.25) is 0 Å². The monoisotopic (exact) mass is 218 g/mol. The van der Waals surface area contributed by atoms with Gasteiger partial charge in [-0.15, -0.1) is 0 Å². The lowest BCUT2D eigenvalue weighted by Gasteiger charge is -2.38. The fourth-order valence-electron chi connectivity index (χ4n) is 2.31. The molecule has 0 saturated carbocycles. The molecule has 0 bridgehead atoms. The first-order valence-corrected chi connectivity index (χ1v) is 6.36. The van der Waals surface area contributed by atoms with Gasteiger partial charge in [0.1, 0.15) is 0 Å².